The van der Waals surface area contributed by atoms with E-state index in [-0.39, 0.29) is 30.8 Å². The number of hydrogen-bond donors (Lipinski definition) is 1. The van der Waals surface area contributed by atoms with Gasteiger partial charge in [-0.25, -0.2) is 0 Å². The summed E-state index contributed by atoms with van der Waals surface area (Å²) in [5, 5.41) is 2.98. The number of likely N-dealkylation sites (tertiary alicyclic amines) is 1. The van der Waals surface area contributed by atoms with Gasteiger partial charge in [0, 0.05) is 38.0 Å². The maximum Gasteiger partial charge on any atom is 0.227 e. The molecule has 0 spiro atoms. The standard InChI is InChI=1S/C23H35N3O3/c1-17-8-6-9-18(2)25(17)15-7-14-24-22(27)12-13-23(28)26-16-19(3)29-21-11-5-4-10-20(21)26/h4-5,10-11,17-19H,6-9,12-16H2,1-3H3,(H,24,27)/t17-,18-,19-/m1/s1. The van der Waals surface area contributed by atoms with E-state index in [0.717, 1.165) is 24.4 Å². The third-order valence-electron chi connectivity index (χ3n) is 6.08. The van der Waals surface area contributed by atoms with Gasteiger partial charge < -0.3 is 15.0 Å². The van der Waals surface area contributed by atoms with Crippen LogP contribution in [0.5, 0.6) is 5.75 Å². The lowest BCUT2D eigenvalue weighted by Crippen LogP contribution is -2.44. The SMILES string of the molecule is C[C@@H]1CN(C(=O)CCC(=O)NCCCN2[C@H](C)CCC[C@H]2C)c2ccccc2O1. The monoisotopic (exact) mass is 401 g/mol. The molecule has 6 nitrogen and oxygen atoms in total. The Hall–Kier alpha value is -2.08. The van der Waals surface area contributed by atoms with Gasteiger partial charge in [-0.2, -0.15) is 0 Å². The zero-order valence-electron chi connectivity index (χ0n) is 18.0. The van der Waals surface area contributed by atoms with Gasteiger partial charge in [0.15, 0.2) is 0 Å². The maximum absolute atomic E-state index is 12.7. The summed E-state index contributed by atoms with van der Waals surface area (Å²) in [5.74, 6) is 0.650. The number of benzene rings is 1. The van der Waals surface area contributed by atoms with Crippen LogP contribution in [-0.2, 0) is 9.59 Å². The molecule has 0 unspecified atom stereocenters. The number of rotatable bonds is 7. The van der Waals surface area contributed by atoms with Crippen molar-refractivity contribution in [2.24, 2.45) is 0 Å². The zero-order chi connectivity index (χ0) is 20.8. The Morgan fingerprint density at radius 3 is 2.59 bits per heavy atom. The van der Waals surface area contributed by atoms with Crippen LogP contribution < -0.4 is 15.0 Å². The number of carbonyl (C=O) groups excluding carboxylic acids is 2. The van der Waals surface area contributed by atoms with Gasteiger partial charge >= 0.3 is 0 Å². The summed E-state index contributed by atoms with van der Waals surface area (Å²) in [6.07, 6.45) is 5.18. The van der Waals surface area contributed by atoms with Crippen molar-refractivity contribution in [3.63, 3.8) is 0 Å². The number of nitrogens with zero attached hydrogens (tertiary/aromatic N) is 2. The van der Waals surface area contributed by atoms with Crippen molar-refractivity contribution in [3.05, 3.63) is 24.3 Å². The van der Waals surface area contributed by atoms with Gasteiger partial charge in [0.25, 0.3) is 0 Å². The maximum atomic E-state index is 12.7. The van der Waals surface area contributed by atoms with Gasteiger partial charge in [0.05, 0.1) is 12.2 Å². The first kappa shape index (κ1) is 21.6. The molecule has 3 atom stereocenters. The average molecular weight is 402 g/mol. The highest BCUT2D eigenvalue weighted by Gasteiger charge is 2.27. The number of fused-ring (bicyclic) bond motifs is 1. The van der Waals surface area contributed by atoms with Crippen LogP contribution in [0, 0.1) is 0 Å². The number of ether oxygens (including phenoxy) is 1. The second kappa shape index (κ2) is 10.1. The number of hydrogen-bond acceptors (Lipinski definition) is 4. The molecule has 1 aromatic rings. The minimum absolute atomic E-state index is 0.0290. The van der Waals surface area contributed by atoms with Gasteiger partial charge in [-0.1, -0.05) is 18.6 Å². The summed E-state index contributed by atoms with van der Waals surface area (Å²) < 4.78 is 5.79. The second-order valence-corrected chi connectivity index (χ2v) is 8.47. The molecule has 1 N–H and O–H groups in total. The van der Waals surface area contributed by atoms with E-state index in [1.165, 1.54) is 19.3 Å². The smallest absolute Gasteiger partial charge is 0.227 e. The molecule has 1 fully saturated rings. The van der Waals surface area contributed by atoms with Crippen LogP contribution in [0.2, 0.25) is 0 Å². The van der Waals surface area contributed by atoms with Crippen molar-refractivity contribution in [1.29, 1.82) is 0 Å². The first-order valence-corrected chi connectivity index (χ1v) is 11.0. The second-order valence-electron chi connectivity index (χ2n) is 8.47. The van der Waals surface area contributed by atoms with E-state index in [9.17, 15) is 9.59 Å². The molecule has 0 bridgehead atoms. The lowest BCUT2D eigenvalue weighted by Gasteiger charge is -2.39. The summed E-state index contributed by atoms with van der Waals surface area (Å²) in [4.78, 5) is 29.2. The van der Waals surface area contributed by atoms with E-state index < -0.39 is 0 Å². The Kier molecular flexibility index (Phi) is 7.53. The highest BCUT2D eigenvalue weighted by atomic mass is 16.5. The van der Waals surface area contributed by atoms with Gasteiger partial charge in [0.2, 0.25) is 11.8 Å². The molecule has 0 aliphatic carbocycles. The molecule has 160 valence electrons. The van der Waals surface area contributed by atoms with E-state index >= 15 is 0 Å². The molecule has 6 heteroatoms. The third-order valence-corrected chi connectivity index (χ3v) is 6.08. The number of amides is 2. The summed E-state index contributed by atoms with van der Waals surface area (Å²) in [7, 11) is 0. The number of para-hydroxylation sites is 2. The van der Waals surface area contributed by atoms with Crippen molar-refractivity contribution in [2.75, 3.05) is 24.5 Å². The van der Waals surface area contributed by atoms with Gasteiger partial charge in [0.1, 0.15) is 11.9 Å². The molecule has 1 saturated heterocycles. The molecule has 2 heterocycles. The Bertz CT molecular complexity index is 698. The summed E-state index contributed by atoms with van der Waals surface area (Å²) in [5.41, 5.74) is 0.792. The highest BCUT2D eigenvalue weighted by Crippen LogP contribution is 2.33. The molecule has 0 aromatic heterocycles. The fraction of sp³-hybridized carbons (Fsp3) is 0.652. The molecule has 3 rings (SSSR count). The Balaban J connectivity index is 1.39. The minimum Gasteiger partial charge on any atom is -0.487 e. The molecule has 0 saturated carbocycles. The summed E-state index contributed by atoms with van der Waals surface area (Å²) in [6.45, 7) is 8.75. The van der Waals surface area contributed by atoms with Crippen molar-refractivity contribution in [3.8, 4) is 5.75 Å². The molecule has 1 aromatic carbocycles. The van der Waals surface area contributed by atoms with E-state index in [1.54, 1.807) is 4.90 Å². The van der Waals surface area contributed by atoms with Crippen molar-refractivity contribution >= 4 is 17.5 Å². The topological polar surface area (TPSA) is 61.9 Å². The number of piperidine rings is 1. The van der Waals surface area contributed by atoms with Crippen molar-refractivity contribution in [2.45, 2.75) is 77.5 Å². The number of anilines is 1. The van der Waals surface area contributed by atoms with Crippen LogP contribution in [0.25, 0.3) is 0 Å². The van der Waals surface area contributed by atoms with Crippen LogP contribution in [-0.4, -0.2) is 54.5 Å². The highest BCUT2D eigenvalue weighted by molar-refractivity contribution is 5.97. The van der Waals surface area contributed by atoms with Crippen LogP contribution in [0.1, 0.15) is 59.3 Å². The minimum atomic E-state index is -0.0535. The largest absolute Gasteiger partial charge is 0.487 e. The van der Waals surface area contributed by atoms with E-state index in [4.69, 9.17) is 4.74 Å². The van der Waals surface area contributed by atoms with Crippen molar-refractivity contribution in [1.82, 2.24) is 10.2 Å². The Morgan fingerprint density at radius 1 is 1.10 bits per heavy atom. The summed E-state index contributed by atoms with van der Waals surface area (Å²) >= 11 is 0. The number of carbonyl (C=O) groups is 2. The molecule has 29 heavy (non-hydrogen) atoms. The van der Waals surface area contributed by atoms with Crippen LogP contribution >= 0.6 is 0 Å². The quantitative estimate of drug-likeness (QED) is 0.712. The first-order valence-electron chi connectivity index (χ1n) is 11.0. The fourth-order valence-corrected chi connectivity index (χ4v) is 4.47. The van der Waals surface area contributed by atoms with Gasteiger partial charge in [-0.15, -0.1) is 0 Å². The van der Waals surface area contributed by atoms with E-state index in [0.29, 0.717) is 25.2 Å². The van der Waals surface area contributed by atoms with E-state index in [1.807, 2.05) is 31.2 Å². The normalized spacial score (nSPS) is 24.5. The predicted octanol–water partition coefficient (Wildman–Crippen LogP) is 3.35. The van der Waals surface area contributed by atoms with Crippen LogP contribution in [0.4, 0.5) is 5.69 Å². The van der Waals surface area contributed by atoms with Gasteiger partial charge in [-0.05, 0) is 52.2 Å². The number of nitrogens with one attached hydrogen (secondary N) is 1. The molecular formula is C23H35N3O3. The average Bonchev–Trinajstić information content (AvgIpc) is 2.70. The lowest BCUT2D eigenvalue weighted by molar-refractivity contribution is -0.125. The van der Waals surface area contributed by atoms with E-state index in [2.05, 4.69) is 24.1 Å². The molecule has 2 aliphatic heterocycles. The molecule has 2 aliphatic rings. The molecule has 0 radical (unpaired) electrons. The zero-order valence-corrected chi connectivity index (χ0v) is 18.0. The first-order chi connectivity index (χ1) is 14.0. The van der Waals surface area contributed by atoms with Crippen LogP contribution in [0.15, 0.2) is 24.3 Å². The molecular weight excluding hydrogens is 366 g/mol. The van der Waals surface area contributed by atoms with Crippen molar-refractivity contribution < 1.29 is 14.3 Å². The van der Waals surface area contributed by atoms with Crippen LogP contribution in [0.3, 0.4) is 0 Å². The predicted molar refractivity (Wildman–Crippen MR) is 115 cm³/mol. The Labute approximate surface area is 174 Å². The molecule has 2 amide bonds. The lowest BCUT2D eigenvalue weighted by atomic mass is 9.97. The Morgan fingerprint density at radius 2 is 1.83 bits per heavy atom. The fourth-order valence-electron chi connectivity index (χ4n) is 4.47. The summed E-state index contributed by atoms with van der Waals surface area (Å²) in [6, 6.07) is 8.83. The third kappa shape index (κ3) is 5.72. The van der Waals surface area contributed by atoms with Gasteiger partial charge in [-0.3, -0.25) is 14.5 Å².